The summed E-state index contributed by atoms with van der Waals surface area (Å²) in [5, 5.41) is 8.71. The lowest BCUT2D eigenvalue weighted by molar-refractivity contribution is 0.220. The molecular weight excluding hydrogens is 259 g/mol. The van der Waals surface area contributed by atoms with Crippen LogP contribution in [0.2, 0.25) is 0 Å². The Kier molecular flexibility index (Phi) is 4.29. The summed E-state index contributed by atoms with van der Waals surface area (Å²) in [7, 11) is 0. The van der Waals surface area contributed by atoms with Crippen LogP contribution in [0.3, 0.4) is 0 Å². The van der Waals surface area contributed by atoms with Gasteiger partial charge in [-0.15, -0.1) is 0 Å². The molecule has 0 heterocycles. The highest BCUT2D eigenvalue weighted by molar-refractivity contribution is 9.10. The van der Waals surface area contributed by atoms with Gasteiger partial charge in [0.2, 0.25) is 0 Å². The van der Waals surface area contributed by atoms with E-state index in [0.717, 1.165) is 22.9 Å². The topological polar surface area (TPSA) is 20.2 Å². The molecular formula is C12H16BrFO. The van der Waals surface area contributed by atoms with E-state index >= 15 is 0 Å². The van der Waals surface area contributed by atoms with Gasteiger partial charge in [-0.05, 0) is 38.3 Å². The molecule has 0 saturated heterocycles. The van der Waals surface area contributed by atoms with Crippen molar-refractivity contribution in [1.82, 2.24) is 0 Å². The van der Waals surface area contributed by atoms with E-state index in [2.05, 4.69) is 15.9 Å². The zero-order valence-electron chi connectivity index (χ0n) is 9.06. The van der Waals surface area contributed by atoms with E-state index in [1.165, 1.54) is 0 Å². The third-order valence-electron chi connectivity index (χ3n) is 2.30. The maximum Gasteiger partial charge on any atom is 0.131 e. The Morgan fingerprint density at radius 3 is 2.53 bits per heavy atom. The second-order valence-electron chi connectivity index (χ2n) is 4.11. The standard InChI is InChI=1S/C12H16BrFO/c1-12(2,14)10-6-5-9(4-3-7-15)8-11(10)13/h5-6,8,15H,3-4,7H2,1-2H3. The average Bonchev–Trinajstić information content (AvgIpc) is 2.12. The number of alkyl halides is 1. The van der Waals surface area contributed by atoms with Gasteiger partial charge in [0.05, 0.1) is 0 Å². The first-order chi connectivity index (χ1) is 6.95. The van der Waals surface area contributed by atoms with Gasteiger partial charge in [-0.1, -0.05) is 28.1 Å². The molecule has 1 aromatic carbocycles. The van der Waals surface area contributed by atoms with E-state index in [4.69, 9.17) is 5.11 Å². The minimum Gasteiger partial charge on any atom is -0.396 e. The van der Waals surface area contributed by atoms with Crippen LogP contribution in [0.5, 0.6) is 0 Å². The lowest BCUT2D eigenvalue weighted by Crippen LogP contribution is -2.10. The van der Waals surface area contributed by atoms with Crippen LogP contribution in [0.15, 0.2) is 22.7 Å². The minimum atomic E-state index is -1.33. The molecule has 0 aliphatic rings. The van der Waals surface area contributed by atoms with Crippen molar-refractivity contribution in [2.24, 2.45) is 0 Å². The summed E-state index contributed by atoms with van der Waals surface area (Å²) in [5.41, 5.74) is 0.452. The molecule has 0 amide bonds. The zero-order valence-corrected chi connectivity index (χ0v) is 10.6. The number of halogens is 2. The monoisotopic (exact) mass is 274 g/mol. The molecule has 15 heavy (non-hydrogen) atoms. The fourth-order valence-corrected chi connectivity index (χ4v) is 2.38. The van der Waals surface area contributed by atoms with Crippen LogP contribution in [-0.2, 0) is 12.1 Å². The van der Waals surface area contributed by atoms with E-state index < -0.39 is 5.67 Å². The number of rotatable bonds is 4. The Bertz CT molecular complexity index is 331. The Morgan fingerprint density at radius 2 is 2.07 bits per heavy atom. The molecule has 1 aromatic rings. The first-order valence-corrected chi connectivity index (χ1v) is 5.83. The molecule has 1 N–H and O–H groups in total. The number of aliphatic hydroxyl groups is 1. The van der Waals surface area contributed by atoms with Crippen molar-refractivity contribution in [3.63, 3.8) is 0 Å². The zero-order chi connectivity index (χ0) is 11.5. The Hall–Kier alpha value is -0.410. The van der Waals surface area contributed by atoms with Gasteiger partial charge in [-0.3, -0.25) is 0 Å². The van der Waals surface area contributed by atoms with Crippen LogP contribution in [-0.4, -0.2) is 11.7 Å². The molecule has 3 heteroatoms. The second-order valence-corrected chi connectivity index (χ2v) is 4.97. The average molecular weight is 275 g/mol. The highest BCUT2D eigenvalue weighted by atomic mass is 79.9. The first kappa shape index (κ1) is 12.7. The van der Waals surface area contributed by atoms with Crippen molar-refractivity contribution in [2.75, 3.05) is 6.61 Å². The maximum absolute atomic E-state index is 13.7. The first-order valence-electron chi connectivity index (χ1n) is 5.04. The molecule has 0 aliphatic carbocycles. The van der Waals surface area contributed by atoms with Gasteiger partial charge in [0.1, 0.15) is 5.67 Å². The summed E-state index contributed by atoms with van der Waals surface area (Å²) in [6.45, 7) is 3.27. The molecule has 0 aliphatic heterocycles. The quantitative estimate of drug-likeness (QED) is 0.890. The van der Waals surface area contributed by atoms with Crippen LogP contribution < -0.4 is 0 Å². The van der Waals surface area contributed by atoms with Crippen LogP contribution in [0, 0.1) is 0 Å². The lowest BCUT2D eigenvalue weighted by atomic mass is 9.98. The Morgan fingerprint density at radius 1 is 1.40 bits per heavy atom. The Balaban J connectivity index is 2.89. The summed E-state index contributed by atoms with van der Waals surface area (Å²) in [5.74, 6) is 0. The van der Waals surface area contributed by atoms with Gasteiger partial charge in [0.25, 0.3) is 0 Å². The number of hydrogen-bond acceptors (Lipinski definition) is 1. The molecule has 0 aromatic heterocycles. The number of aryl methyl sites for hydroxylation is 1. The minimum absolute atomic E-state index is 0.188. The van der Waals surface area contributed by atoms with Crippen molar-refractivity contribution in [1.29, 1.82) is 0 Å². The van der Waals surface area contributed by atoms with Gasteiger partial charge < -0.3 is 5.11 Å². The number of aliphatic hydroxyl groups excluding tert-OH is 1. The third-order valence-corrected chi connectivity index (χ3v) is 2.95. The summed E-state index contributed by atoms with van der Waals surface area (Å²) in [6, 6.07) is 5.64. The van der Waals surface area contributed by atoms with Crippen molar-refractivity contribution in [2.45, 2.75) is 32.4 Å². The van der Waals surface area contributed by atoms with Crippen LogP contribution in [0.4, 0.5) is 4.39 Å². The third kappa shape index (κ3) is 3.58. The summed E-state index contributed by atoms with van der Waals surface area (Å²) < 4.78 is 14.5. The van der Waals surface area contributed by atoms with Gasteiger partial charge >= 0.3 is 0 Å². The molecule has 0 spiro atoms. The molecule has 0 unspecified atom stereocenters. The maximum atomic E-state index is 13.7. The SMILES string of the molecule is CC(C)(F)c1ccc(CCCO)cc1Br. The van der Waals surface area contributed by atoms with Crippen LogP contribution >= 0.6 is 15.9 Å². The number of benzene rings is 1. The molecule has 0 saturated carbocycles. The molecule has 0 atom stereocenters. The van der Waals surface area contributed by atoms with Gasteiger partial charge in [0, 0.05) is 16.6 Å². The second kappa shape index (κ2) is 5.08. The van der Waals surface area contributed by atoms with Crippen molar-refractivity contribution in [3.05, 3.63) is 33.8 Å². The predicted molar refractivity (Wildman–Crippen MR) is 63.7 cm³/mol. The summed E-state index contributed by atoms with van der Waals surface area (Å²) >= 11 is 3.37. The molecule has 0 fully saturated rings. The summed E-state index contributed by atoms with van der Waals surface area (Å²) in [6.07, 6.45) is 1.56. The molecule has 1 nitrogen and oxygen atoms in total. The smallest absolute Gasteiger partial charge is 0.131 e. The van der Waals surface area contributed by atoms with Crippen LogP contribution in [0.25, 0.3) is 0 Å². The molecule has 0 radical (unpaired) electrons. The van der Waals surface area contributed by atoms with Gasteiger partial charge in [-0.2, -0.15) is 0 Å². The predicted octanol–water partition coefficient (Wildman–Crippen LogP) is 3.58. The fourth-order valence-electron chi connectivity index (χ4n) is 1.48. The fraction of sp³-hybridized carbons (Fsp3) is 0.500. The van der Waals surface area contributed by atoms with E-state index in [9.17, 15) is 4.39 Å². The highest BCUT2D eigenvalue weighted by Crippen LogP contribution is 2.31. The van der Waals surface area contributed by atoms with E-state index in [-0.39, 0.29) is 6.61 Å². The largest absolute Gasteiger partial charge is 0.396 e. The molecule has 0 bridgehead atoms. The van der Waals surface area contributed by atoms with Crippen molar-refractivity contribution in [3.8, 4) is 0 Å². The van der Waals surface area contributed by atoms with Crippen molar-refractivity contribution < 1.29 is 9.50 Å². The molecule has 84 valence electrons. The van der Waals surface area contributed by atoms with E-state index in [1.54, 1.807) is 19.9 Å². The van der Waals surface area contributed by atoms with E-state index in [1.807, 2.05) is 12.1 Å². The molecule has 1 rings (SSSR count). The normalized spacial score (nSPS) is 11.8. The Labute approximate surface area is 98.4 Å². The van der Waals surface area contributed by atoms with Gasteiger partial charge in [-0.25, -0.2) is 4.39 Å². The van der Waals surface area contributed by atoms with Crippen LogP contribution in [0.1, 0.15) is 31.4 Å². The van der Waals surface area contributed by atoms with Gasteiger partial charge in [0.15, 0.2) is 0 Å². The van der Waals surface area contributed by atoms with E-state index in [0.29, 0.717) is 5.56 Å². The number of hydrogen-bond donors (Lipinski definition) is 1. The van der Waals surface area contributed by atoms with Crippen molar-refractivity contribution >= 4 is 15.9 Å². The highest BCUT2D eigenvalue weighted by Gasteiger charge is 2.21. The lowest BCUT2D eigenvalue weighted by Gasteiger charge is -2.17. The summed E-state index contributed by atoms with van der Waals surface area (Å²) in [4.78, 5) is 0.